The van der Waals surface area contributed by atoms with E-state index in [9.17, 15) is 21.6 Å². The quantitative estimate of drug-likeness (QED) is 0.878. The van der Waals surface area contributed by atoms with E-state index in [1.807, 2.05) is 0 Å². The summed E-state index contributed by atoms with van der Waals surface area (Å²) in [6.45, 7) is 3.02. The first-order valence-electron chi connectivity index (χ1n) is 6.75. The van der Waals surface area contributed by atoms with E-state index in [4.69, 9.17) is 0 Å². The van der Waals surface area contributed by atoms with Crippen LogP contribution < -0.4 is 5.32 Å². The maximum atomic E-state index is 13.8. The van der Waals surface area contributed by atoms with Crippen molar-refractivity contribution < 1.29 is 21.6 Å². The van der Waals surface area contributed by atoms with Gasteiger partial charge < -0.3 is 5.32 Å². The van der Waals surface area contributed by atoms with Crippen LogP contribution in [0.3, 0.4) is 0 Å². The lowest BCUT2D eigenvalue weighted by Gasteiger charge is -2.27. The van der Waals surface area contributed by atoms with Gasteiger partial charge in [-0.1, -0.05) is 6.92 Å². The Balaban J connectivity index is 0.00000242. The molecule has 1 aromatic rings. The molecule has 1 fully saturated rings. The van der Waals surface area contributed by atoms with Crippen LogP contribution in [0.15, 0.2) is 17.0 Å². The number of nitrogens with one attached hydrogen (secondary N) is 1. The Labute approximate surface area is 134 Å². The van der Waals surface area contributed by atoms with Crippen molar-refractivity contribution in [2.45, 2.75) is 30.7 Å². The fraction of sp³-hybridized carbons (Fsp3) is 0.538. The molecule has 1 unspecified atom stereocenters. The average molecular weight is 359 g/mol. The van der Waals surface area contributed by atoms with Crippen LogP contribution in [0.4, 0.5) is 13.2 Å². The number of hydrogen-bond donors (Lipinski definition) is 1. The molecule has 0 aromatic heterocycles. The molecule has 1 aromatic carbocycles. The maximum Gasteiger partial charge on any atom is 0.249 e. The van der Waals surface area contributed by atoms with Gasteiger partial charge in [-0.15, -0.1) is 12.4 Å². The highest BCUT2D eigenvalue weighted by atomic mass is 35.5. The van der Waals surface area contributed by atoms with Gasteiger partial charge in [0.05, 0.1) is 0 Å². The first kappa shape index (κ1) is 19.2. The molecule has 0 saturated carbocycles. The second kappa shape index (κ2) is 7.63. The van der Waals surface area contributed by atoms with Gasteiger partial charge in [-0.3, -0.25) is 0 Å². The van der Waals surface area contributed by atoms with Crippen LogP contribution in [0.5, 0.6) is 0 Å². The Hall–Kier alpha value is -0.830. The number of rotatable bonds is 5. The zero-order valence-corrected chi connectivity index (χ0v) is 13.6. The molecule has 2 rings (SSSR count). The topological polar surface area (TPSA) is 49.4 Å². The Morgan fingerprint density at radius 3 is 2.32 bits per heavy atom. The number of benzene rings is 1. The van der Waals surface area contributed by atoms with E-state index in [-0.39, 0.29) is 25.0 Å². The van der Waals surface area contributed by atoms with Gasteiger partial charge in [0.25, 0.3) is 0 Å². The van der Waals surface area contributed by atoms with E-state index >= 15 is 0 Å². The second-order valence-corrected chi connectivity index (χ2v) is 6.79. The largest absolute Gasteiger partial charge is 0.315 e. The fourth-order valence-electron chi connectivity index (χ4n) is 2.50. The molecule has 1 aliphatic heterocycles. The third-order valence-electron chi connectivity index (χ3n) is 3.42. The fourth-order valence-corrected chi connectivity index (χ4v) is 4.34. The van der Waals surface area contributed by atoms with E-state index in [1.165, 1.54) is 0 Å². The van der Waals surface area contributed by atoms with Crippen LogP contribution in [0, 0.1) is 17.5 Å². The lowest BCUT2D eigenvalue weighted by atomic mass is 10.2. The summed E-state index contributed by atoms with van der Waals surface area (Å²) in [4.78, 5) is -1.08. The molecule has 0 radical (unpaired) electrons. The molecular weight excluding hydrogens is 341 g/mol. The SMILES string of the molecule is CCCN(C1CCNC1)S(=O)(=O)c1c(F)cc(F)cc1F.Cl. The molecular formula is C13H18ClF3N2O2S. The molecule has 1 heterocycles. The van der Waals surface area contributed by atoms with Crippen molar-refractivity contribution in [3.63, 3.8) is 0 Å². The zero-order valence-electron chi connectivity index (χ0n) is 12.0. The predicted octanol–water partition coefficient (Wildman–Crippen LogP) is 2.29. The van der Waals surface area contributed by atoms with Gasteiger partial charge in [0, 0.05) is 31.3 Å². The molecule has 0 amide bonds. The standard InChI is InChI=1S/C13H17F3N2O2S.ClH/c1-2-5-18(10-3-4-17-8-10)21(19,20)13-11(15)6-9(14)7-12(13)16;/h6-7,10,17H,2-5,8H2,1H3;1H. The van der Waals surface area contributed by atoms with Crippen LogP contribution in [0.25, 0.3) is 0 Å². The Morgan fingerprint density at radius 2 is 1.86 bits per heavy atom. The van der Waals surface area contributed by atoms with Crippen LogP contribution in [0.1, 0.15) is 19.8 Å². The van der Waals surface area contributed by atoms with Crippen molar-refractivity contribution in [1.29, 1.82) is 0 Å². The lowest BCUT2D eigenvalue weighted by Crippen LogP contribution is -2.42. The van der Waals surface area contributed by atoms with Crippen LogP contribution in [0.2, 0.25) is 0 Å². The maximum absolute atomic E-state index is 13.8. The van der Waals surface area contributed by atoms with Gasteiger partial charge in [0.2, 0.25) is 10.0 Å². The van der Waals surface area contributed by atoms with Crippen LogP contribution in [-0.4, -0.2) is 38.4 Å². The van der Waals surface area contributed by atoms with E-state index in [1.54, 1.807) is 6.92 Å². The minimum absolute atomic E-state index is 0. The molecule has 1 N–H and O–H groups in total. The highest BCUT2D eigenvalue weighted by Crippen LogP contribution is 2.26. The van der Waals surface area contributed by atoms with Crippen molar-refractivity contribution in [2.75, 3.05) is 19.6 Å². The highest BCUT2D eigenvalue weighted by molar-refractivity contribution is 7.89. The van der Waals surface area contributed by atoms with Gasteiger partial charge in [0.1, 0.15) is 17.5 Å². The van der Waals surface area contributed by atoms with E-state index in [2.05, 4.69) is 5.32 Å². The summed E-state index contributed by atoms with van der Waals surface area (Å²) in [6, 6.07) is 0.416. The molecule has 22 heavy (non-hydrogen) atoms. The minimum Gasteiger partial charge on any atom is -0.315 e. The third-order valence-corrected chi connectivity index (χ3v) is 5.42. The summed E-state index contributed by atoms with van der Waals surface area (Å²) in [5, 5.41) is 3.02. The molecule has 1 saturated heterocycles. The van der Waals surface area contributed by atoms with Crippen molar-refractivity contribution >= 4 is 22.4 Å². The van der Waals surface area contributed by atoms with Gasteiger partial charge in [0.15, 0.2) is 4.90 Å². The third kappa shape index (κ3) is 3.73. The second-order valence-electron chi connectivity index (χ2n) is 4.96. The van der Waals surface area contributed by atoms with E-state index < -0.39 is 32.4 Å². The van der Waals surface area contributed by atoms with E-state index in [0.717, 1.165) is 4.31 Å². The molecule has 0 bridgehead atoms. The van der Waals surface area contributed by atoms with Crippen LogP contribution in [-0.2, 0) is 10.0 Å². The minimum atomic E-state index is -4.35. The zero-order chi connectivity index (χ0) is 15.6. The predicted molar refractivity (Wildman–Crippen MR) is 79.0 cm³/mol. The number of hydrogen-bond acceptors (Lipinski definition) is 3. The lowest BCUT2D eigenvalue weighted by molar-refractivity contribution is 0.331. The number of nitrogens with zero attached hydrogens (tertiary/aromatic N) is 1. The van der Waals surface area contributed by atoms with Crippen molar-refractivity contribution in [2.24, 2.45) is 0 Å². The van der Waals surface area contributed by atoms with Gasteiger partial charge in [-0.25, -0.2) is 21.6 Å². The normalized spacial score (nSPS) is 18.5. The Bertz CT molecular complexity index is 599. The average Bonchev–Trinajstić information content (AvgIpc) is 2.87. The van der Waals surface area contributed by atoms with Crippen LogP contribution >= 0.6 is 12.4 Å². The molecule has 4 nitrogen and oxygen atoms in total. The van der Waals surface area contributed by atoms with Crippen molar-refractivity contribution in [1.82, 2.24) is 9.62 Å². The molecule has 0 aliphatic carbocycles. The van der Waals surface area contributed by atoms with Crippen molar-refractivity contribution in [3.8, 4) is 0 Å². The molecule has 9 heteroatoms. The number of sulfonamides is 1. The summed E-state index contributed by atoms with van der Waals surface area (Å²) in [5.41, 5.74) is 0. The first-order chi connectivity index (χ1) is 9.87. The molecule has 126 valence electrons. The highest BCUT2D eigenvalue weighted by Gasteiger charge is 2.36. The summed E-state index contributed by atoms with van der Waals surface area (Å²) < 4.78 is 66.8. The molecule has 0 spiro atoms. The van der Waals surface area contributed by atoms with E-state index in [0.29, 0.717) is 38.1 Å². The summed E-state index contributed by atoms with van der Waals surface area (Å²) in [5.74, 6) is -3.95. The Kier molecular flexibility index (Phi) is 6.66. The smallest absolute Gasteiger partial charge is 0.249 e. The molecule has 1 atom stereocenters. The van der Waals surface area contributed by atoms with Gasteiger partial charge in [-0.2, -0.15) is 4.31 Å². The Morgan fingerprint density at radius 1 is 1.27 bits per heavy atom. The summed E-state index contributed by atoms with van der Waals surface area (Å²) in [6.07, 6.45) is 1.09. The number of halogens is 4. The first-order valence-corrected chi connectivity index (χ1v) is 8.19. The molecule has 1 aliphatic rings. The van der Waals surface area contributed by atoms with Gasteiger partial charge in [-0.05, 0) is 19.4 Å². The summed E-state index contributed by atoms with van der Waals surface area (Å²) in [7, 11) is -4.35. The van der Waals surface area contributed by atoms with Gasteiger partial charge >= 0.3 is 0 Å². The summed E-state index contributed by atoms with van der Waals surface area (Å²) >= 11 is 0. The van der Waals surface area contributed by atoms with Crippen molar-refractivity contribution in [3.05, 3.63) is 29.6 Å². The monoisotopic (exact) mass is 358 g/mol.